The molecule has 4 heteroatoms. The van der Waals surface area contributed by atoms with E-state index in [0.29, 0.717) is 0 Å². The summed E-state index contributed by atoms with van der Waals surface area (Å²) in [5, 5.41) is 8.44. The van der Waals surface area contributed by atoms with Crippen LogP contribution in [0.4, 0.5) is 0 Å². The Kier molecular flexibility index (Phi) is 2.88. The van der Waals surface area contributed by atoms with E-state index in [-0.39, 0.29) is 0 Å². The Balaban J connectivity index is 2.05. The van der Waals surface area contributed by atoms with Crippen molar-refractivity contribution in [3.05, 3.63) is 64.0 Å². The van der Waals surface area contributed by atoms with Crippen molar-refractivity contribution in [1.82, 2.24) is 14.6 Å². The molecule has 90 valence electrons. The zero-order valence-electron chi connectivity index (χ0n) is 9.97. The van der Waals surface area contributed by atoms with E-state index in [9.17, 15) is 0 Å². The van der Waals surface area contributed by atoms with Gasteiger partial charge in [0.2, 0.25) is 0 Å². The molecule has 0 amide bonds. The Morgan fingerprint density at radius 3 is 2.78 bits per heavy atom. The van der Waals surface area contributed by atoms with Gasteiger partial charge in [0.1, 0.15) is 5.82 Å². The molecule has 0 unspecified atom stereocenters. The van der Waals surface area contributed by atoms with Gasteiger partial charge in [-0.05, 0) is 46.1 Å². The number of nitrogens with zero attached hydrogens (tertiary/aromatic N) is 3. The summed E-state index contributed by atoms with van der Waals surface area (Å²) in [7, 11) is 0. The number of fused-ring (bicyclic) bond motifs is 1. The first-order valence-corrected chi connectivity index (χ1v) is 6.57. The van der Waals surface area contributed by atoms with Gasteiger partial charge in [0.15, 0.2) is 5.65 Å². The second-order valence-corrected chi connectivity index (χ2v) is 5.21. The number of rotatable bonds is 2. The number of aryl methyl sites for hydroxylation is 1. The average Bonchev–Trinajstić information content (AvgIpc) is 2.75. The van der Waals surface area contributed by atoms with Gasteiger partial charge in [0.05, 0.1) is 0 Å². The molecule has 18 heavy (non-hydrogen) atoms. The van der Waals surface area contributed by atoms with Crippen molar-refractivity contribution in [2.75, 3.05) is 0 Å². The highest BCUT2D eigenvalue weighted by molar-refractivity contribution is 9.10. The van der Waals surface area contributed by atoms with Crippen molar-refractivity contribution in [3.63, 3.8) is 0 Å². The lowest BCUT2D eigenvalue weighted by atomic mass is 10.1. The molecular weight excluding hydrogens is 290 g/mol. The Morgan fingerprint density at radius 2 is 1.94 bits per heavy atom. The quantitative estimate of drug-likeness (QED) is 0.726. The minimum atomic E-state index is 0.796. The topological polar surface area (TPSA) is 30.2 Å². The Labute approximate surface area is 114 Å². The maximum atomic E-state index is 4.26. The summed E-state index contributed by atoms with van der Waals surface area (Å²) in [6.45, 7) is 2.12. The Hall–Kier alpha value is -1.68. The minimum absolute atomic E-state index is 0.796. The van der Waals surface area contributed by atoms with Gasteiger partial charge >= 0.3 is 0 Å². The number of aromatic nitrogens is 3. The molecule has 1 aromatic carbocycles. The van der Waals surface area contributed by atoms with Crippen LogP contribution in [0, 0.1) is 6.92 Å². The van der Waals surface area contributed by atoms with Crippen molar-refractivity contribution in [1.29, 1.82) is 0 Å². The fourth-order valence-corrected chi connectivity index (χ4v) is 2.35. The minimum Gasteiger partial charge on any atom is -0.285 e. The number of pyridine rings is 1. The van der Waals surface area contributed by atoms with E-state index in [1.807, 2.05) is 22.7 Å². The lowest BCUT2D eigenvalue weighted by Crippen LogP contribution is -1.98. The zero-order valence-corrected chi connectivity index (χ0v) is 11.6. The predicted molar refractivity (Wildman–Crippen MR) is 74.7 cm³/mol. The van der Waals surface area contributed by atoms with Crippen LogP contribution < -0.4 is 0 Å². The van der Waals surface area contributed by atoms with Crippen molar-refractivity contribution in [2.24, 2.45) is 0 Å². The highest BCUT2D eigenvalue weighted by atomic mass is 79.9. The molecule has 0 atom stereocenters. The molecule has 0 spiro atoms. The third kappa shape index (κ3) is 2.04. The molecule has 0 bridgehead atoms. The normalized spacial score (nSPS) is 11.0. The van der Waals surface area contributed by atoms with Gasteiger partial charge in [-0.2, -0.15) is 0 Å². The van der Waals surface area contributed by atoms with Gasteiger partial charge < -0.3 is 0 Å². The smallest absolute Gasteiger partial charge is 0.160 e. The Bertz CT molecular complexity index is 703. The van der Waals surface area contributed by atoms with Crippen molar-refractivity contribution in [2.45, 2.75) is 13.3 Å². The maximum Gasteiger partial charge on any atom is 0.160 e. The Morgan fingerprint density at radius 1 is 1.11 bits per heavy atom. The first kappa shape index (κ1) is 11.4. The molecule has 2 heterocycles. The van der Waals surface area contributed by atoms with Crippen LogP contribution in [0.2, 0.25) is 0 Å². The highest BCUT2D eigenvalue weighted by Crippen LogP contribution is 2.16. The molecule has 0 aliphatic carbocycles. The van der Waals surface area contributed by atoms with E-state index in [1.54, 1.807) is 0 Å². The van der Waals surface area contributed by atoms with Crippen LogP contribution in [0.25, 0.3) is 5.65 Å². The van der Waals surface area contributed by atoms with Gasteiger partial charge in [0, 0.05) is 17.1 Å². The fourth-order valence-electron chi connectivity index (χ4n) is 2.01. The summed E-state index contributed by atoms with van der Waals surface area (Å²) in [4.78, 5) is 0. The molecule has 0 aliphatic rings. The second kappa shape index (κ2) is 4.53. The molecule has 0 fully saturated rings. The highest BCUT2D eigenvalue weighted by Gasteiger charge is 2.07. The number of hydrogen-bond acceptors (Lipinski definition) is 2. The van der Waals surface area contributed by atoms with E-state index in [0.717, 1.165) is 22.4 Å². The summed E-state index contributed by atoms with van der Waals surface area (Å²) >= 11 is 3.47. The standard InChI is InChI=1S/C14H12BrN3/c1-10-4-2-3-5-11(10)8-14-17-16-13-7-6-12(15)9-18(13)14/h2-7,9H,8H2,1H3. The number of benzene rings is 1. The van der Waals surface area contributed by atoms with Crippen molar-refractivity contribution >= 4 is 21.6 Å². The van der Waals surface area contributed by atoms with E-state index in [4.69, 9.17) is 0 Å². The number of hydrogen-bond donors (Lipinski definition) is 0. The summed E-state index contributed by atoms with van der Waals surface area (Å²) < 4.78 is 3.05. The molecule has 3 aromatic rings. The predicted octanol–water partition coefficient (Wildman–Crippen LogP) is 3.39. The first-order chi connectivity index (χ1) is 8.74. The number of halogens is 1. The van der Waals surface area contributed by atoms with Gasteiger partial charge in [-0.1, -0.05) is 24.3 Å². The molecular formula is C14H12BrN3. The lowest BCUT2D eigenvalue weighted by Gasteiger charge is -2.04. The molecule has 3 nitrogen and oxygen atoms in total. The summed E-state index contributed by atoms with van der Waals surface area (Å²) in [6, 6.07) is 12.3. The summed E-state index contributed by atoms with van der Waals surface area (Å²) in [5.74, 6) is 0.959. The monoisotopic (exact) mass is 301 g/mol. The third-order valence-electron chi connectivity index (χ3n) is 3.05. The SMILES string of the molecule is Cc1ccccc1Cc1nnc2ccc(Br)cn12. The van der Waals surface area contributed by atoms with E-state index in [1.165, 1.54) is 11.1 Å². The third-order valence-corrected chi connectivity index (χ3v) is 3.52. The molecule has 0 N–H and O–H groups in total. The van der Waals surface area contributed by atoms with Crippen LogP contribution >= 0.6 is 15.9 Å². The molecule has 0 saturated heterocycles. The maximum absolute atomic E-state index is 4.26. The first-order valence-electron chi connectivity index (χ1n) is 5.78. The van der Waals surface area contributed by atoms with Gasteiger partial charge in [-0.3, -0.25) is 4.40 Å². The molecule has 0 saturated carbocycles. The summed E-state index contributed by atoms with van der Waals surface area (Å²) in [5.41, 5.74) is 3.44. The van der Waals surface area contributed by atoms with E-state index < -0.39 is 0 Å². The van der Waals surface area contributed by atoms with Crippen LogP contribution in [0.15, 0.2) is 47.1 Å². The van der Waals surface area contributed by atoms with Gasteiger partial charge in [-0.25, -0.2) is 0 Å². The second-order valence-electron chi connectivity index (χ2n) is 4.30. The molecule has 0 radical (unpaired) electrons. The van der Waals surface area contributed by atoms with Gasteiger partial charge in [0.25, 0.3) is 0 Å². The molecule has 0 aliphatic heterocycles. The van der Waals surface area contributed by atoms with Crippen LogP contribution in [0.5, 0.6) is 0 Å². The van der Waals surface area contributed by atoms with E-state index in [2.05, 4.69) is 57.3 Å². The van der Waals surface area contributed by atoms with Crippen molar-refractivity contribution < 1.29 is 0 Å². The van der Waals surface area contributed by atoms with Crippen LogP contribution in [-0.4, -0.2) is 14.6 Å². The van der Waals surface area contributed by atoms with Crippen molar-refractivity contribution in [3.8, 4) is 0 Å². The van der Waals surface area contributed by atoms with Crippen LogP contribution in [0.1, 0.15) is 17.0 Å². The molecule has 3 rings (SSSR count). The molecule has 2 aromatic heterocycles. The van der Waals surface area contributed by atoms with Crippen LogP contribution in [0.3, 0.4) is 0 Å². The zero-order chi connectivity index (χ0) is 12.5. The summed E-state index contributed by atoms with van der Waals surface area (Å²) in [6.07, 6.45) is 2.80. The average molecular weight is 302 g/mol. The lowest BCUT2D eigenvalue weighted by molar-refractivity contribution is 0.927. The fraction of sp³-hybridized carbons (Fsp3) is 0.143. The van der Waals surface area contributed by atoms with E-state index >= 15 is 0 Å². The largest absolute Gasteiger partial charge is 0.285 e. The van der Waals surface area contributed by atoms with Crippen LogP contribution in [-0.2, 0) is 6.42 Å². The van der Waals surface area contributed by atoms with Gasteiger partial charge in [-0.15, -0.1) is 10.2 Å².